The number of hydrogen-bond donors (Lipinski definition) is 1. The monoisotopic (exact) mass is 155 g/mol. The first-order valence-corrected chi connectivity index (χ1v) is 3.34. The molecule has 0 saturated heterocycles. The third-order valence-corrected chi connectivity index (χ3v) is 1.70. The Hall–Kier alpha value is -1.32. The molecule has 0 unspecified atom stereocenters. The molecule has 0 radical (unpaired) electrons. The first-order valence-electron chi connectivity index (χ1n) is 3.34. The molecule has 1 N–H and O–H groups in total. The molecule has 11 heavy (non-hydrogen) atoms. The lowest BCUT2D eigenvalue weighted by molar-refractivity contribution is -0.677. The summed E-state index contributed by atoms with van der Waals surface area (Å²) in [6, 6.07) is 0. The number of imidazole rings is 1. The molecular formula is C7H11N2O2+. The van der Waals surface area contributed by atoms with Crippen molar-refractivity contribution < 1.29 is 14.5 Å². The topological polar surface area (TPSA) is 46.1 Å². The zero-order valence-corrected chi connectivity index (χ0v) is 6.61. The van der Waals surface area contributed by atoms with Gasteiger partial charge >= 0.3 is 5.97 Å². The van der Waals surface area contributed by atoms with Crippen LogP contribution in [0.1, 0.15) is 5.82 Å². The maximum Gasteiger partial charge on any atom is 0.346 e. The Bertz CT molecular complexity index is 278. The minimum atomic E-state index is -0.815. The number of carboxylic acids is 1. The van der Waals surface area contributed by atoms with E-state index in [1.54, 1.807) is 10.8 Å². The quantitative estimate of drug-likeness (QED) is 0.596. The molecule has 0 aliphatic rings. The summed E-state index contributed by atoms with van der Waals surface area (Å²) in [5, 5.41) is 8.47. The Morgan fingerprint density at radius 3 is 2.82 bits per heavy atom. The highest BCUT2D eigenvalue weighted by atomic mass is 16.4. The highest BCUT2D eigenvalue weighted by Gasteiger charge is 2.10. The number of carbonyl (C=O) groups is 1. The number of aliphatic carboxylic acids is 1. The van der Waals surface area contributed by atoms with E-state index in [1.807, 2.05) is 24.7 Å². The predicted octanol–water partition coefficient (Wildman–Crippen LogP) is -0.294. The minimum Gasteiger partial charge on any atom is -0.478 e. The number of hydrogen-bond acceptors (Lipinski definition) is 1. The summed E-state index contributed by atoms with van der Waals surface area (Å²) in [6.07, 6.45) is 3.59. The largest absolute Gasteiger partial charge is 0.478 e. The van der Waals surface area contributed by atoms with Crippen LogP contribution in [0.3, 0.4) is 0 Å². The van der Waals surface area contributed by atoms with Gasteiger partial charge in [0.05, 0.1) is 7.05 Å². The summed E-state index contributed by atoms with van der Waals surface area (Å²) in [7, 11) is 1.88. The van der Waals surface area contributed by atoms with Crippen LogP contribution in [0.5, 0.6) is 0 Å². The van der Waals surface area contributed by atoms with Gasteiger partial charge in [-0.05, 0) is 0 Å². The van der Waals surface area contributed by atoms with Crippen LogP contribution in [-0.2, 0) is 18.4 Å². The SMILES string of the molecule is Cc1n(CC(=O)O)cc[n+]1C. The van der Waals surface area contributed by atoms with Crippen molar-refractivity contribution in [2.45, 2.75) is 13.5 Å². The van der Waals surface area contributed by atoms with Gasteiger partial charge in [0.2, 0.25) is 0 Å². The van der Waals surface area contributed by atoms with Crippen molar-refractivity contribution >= 4 is 5.97 Å². The van der Waals surface area contributed by atoms with E-state index < -0.39 is 5.97 Å². The van der Waals surface area contributed by atoms with Crippen molar-refractivity contribution in [1.82, 2.24) is 4.57 Å². The van der Waals surface area contributed by atoms with Crippen molar-refractivity contribution in [1.29, 1.82) is 0 Å². The average Bonchev–Trinajstić information content (AvgIpc) is 2.18. The van der Waals surface area contributed by atoms with E-state index in [9.17, 15) is 4.79 Å². The van der Waals surface area contributed by atoms with Gasteiger partial charge in [0, 0.05) is 6.92 Å². The third-order valence-electron chi connectivity index (χ3n) is 1.70. The van der Waals surface area contributed by atoms with Gasteiger partial charge in [0.15, 0.2) is 6.54 Å². The third kappa shape index (κ3) is 1.58. The molecule has 0 fully saturated rings. The molecule has 1 aromatic rings. The fourth-order valence-corrected chi connectivity index (χ4v) is 0.912. The van der Waals surface area contributed by atoms with E-state index in [-0.39, 0.29) is 6.54 Å². The highest BCUT2D eigenvalue weighted by Crippen LogP contribution is 1.91. The molecule has 0 aliphatic heterocycles. The number of carboxylic acid groups (broad SMARTS) is 1. The summed E-state index contributed by atoms with van der Waals surface area (Å²) in [5.74, 6) is 0.122. The van der Waals surface area contributed by atoms with E-state index in [2.05, 4.69) is 0 Å². The Kier molecular flexibility index (Phi) is 1.94. The van der Waals surface area contributed by atoms with Gasteiger partial charge < -0.3 is 5.11 Å². The first-order chi connectivity index (χ1) is 5.11. The average molecular weight is 155 g/mol. The van der Waals surface area contributed by atoms with Crippen LogP contribution in [0.25, 0.3) is 0 Å². The molecular weight excluding hydrogens is 144 g/mol. The van der Waals surface area contributed by atoms with Crippen molar-refractivity contribution in [3.05, 3.63) is 18.2 Å². The van der Waals surface area contributed by atoms with Crippen LogP contribution in [0, 0.1) is 6.92 Å². The Morgan fingerprint density at radius 2 is 2.45 bits per heavy atom. The zero-order chi connectivity index (χ0) is 8.43. The van der Waals surface area contributed by atoms with E-state index in [0.717, 1.165) is 5.82 Å². The number of aryl methyl sites for hydroxylation is 1. The lowest BCUT2D eigenvalue weighted by Crippen LogP contribution is -2.30. The van der Waals surface area contributed by atoms with E-state index in [0.29, 0.717) is 0 Å². The van der Waals surface area contributed by atoms with Gasteiger partial charge in [-0.1, -0.05) is 0 Å². The second-order valence-electron chi connectivity index (χ2n) is 2.48. The van der Waals surface area contributed by atoms with Gasteiger partial charge in [0.1, 0.15) is 12.4 Å². The number of aromatic nitrogens is 2. The van der Waals surface area contributed by atoms with Crippen LogP contribution in [0.2, 0.25) is 0 Å². The highest BCUT2D eigenvalue weighted by molar-refractivity contribution is 5.66. The van der Waals surface area contributed by atoms with Crippen molar-refractivity contribution in [3.8, 4) is 0 Å². The summed E-state index contributed by atoms with van der Waals surface area (Å²) < 4.78 is 3.56. The predicted molar refractivity (Wildman–Crippen MR) is 38.0 cm³/mol. The standard InChI is InChI=1S/C7H10N2O2/c1-6-8(2)3-4-9(6)5-7(10)11/h3-4H,5H2,1-2H3/p+1. The molecule has 0 amide bonds. The lowest BCUT2D eigenvalue weighted by atomic mass is 10.6. The summed E-state index contributed by atoms with van der Waals surface area (Å²) in [4.78, 5) is 10.3. The molecule has 4 nitrogen and oxygen atoms in total. The molecule has 4 heteroatoms. The molecule has 0 aliphatic carbocycles. The second kappa shape index (κ2) is 2.74. The molecule has 0 atom stereocenters. The molecule has 1 heterocycles. The van der Waals surface area contributed by atoms with Crippen LogP contribution in [-0.4, -0.2) is 15.6 Å². The van der Waals surface area contributed by atoms with E-state index in [1.165, 1.54) is 0 Å². The Morgan fingerprint density at radius 1 is 1.82 bits per heavy atom. The first kappa shape index (κ1) is 7.78. The smallest absolute Gasteiger partial charge is 0.346 e. The molecule has 0 spiro atoms. The molecule has 1 aromatic heterocycles. The maximum absolute atomic E-state index is 10.3. The van der Waals surface area contributed by atoms with Gasteiger partial charge in [-0.15, -0.1) is 0 Å². The summed E-state index contributed by atoms with van der Waals surface area (Å²) >= 11 is 0. The second-order valence-corrected chi connectivity index (χ2v) is 2.48. The zero-order valence-electron chi connectivity index (χ0n) is 6.61. The minimum absolute atomic E-state index is 0.0344. The van der Waals surface area contributed by atoms with Crippen molar-refractivity contribution in [3.63, 3.8) is 0 Å². The van der Waals surface area contributed by atoms with E-state index in [4.69, 9.17) is 5.11 Å². The molecule has 0 saturated carbocycles. The molecule has 0 aromatic carbocycles. The van der Waals surface area contributed by atoms with Gasteiger partial charge in [-0.3, -0.25) is 0 Å². The number of rotatable bonds is 2. The Labute approximate surface area is 64.7 Å². The van der Waals surface area contributed by atoms with Crippen molar-refractivity contribution in [2.75, 3.05) is 0 Å². The fourth-order valence-electron chi connectivity index (χ4n) is 0.912. The van der Waals surface area contributed by atoms with Gasteiger partial charge in [0.25, 0.3) is 5.82 Å². The molecule has 0 bridgehead atoms. The maximum atomic E-state index is 10.3. The van der Waals surface area contributed by atoms with E-state index >= 15 is 0 Å². The lowest BCUT2D eigenvalue weighted by Gasteiger charge is -1.92. The van der Waals surface area contributed by atoms with Crippen LogP contribution < -0.4 is 4.57 Å². The summed E-state index contributed by atoms with van der Waals surface area (Å²) in [6.45, 7) is 1.91. The van der Waals surface area contributed by atoms with Gasteiger partial charge in [-0.2, -0.15) is 0 Å². The molecule has 60 valence electrons. The van der Waals surface area contributed by atoms with Crippen LogP contribution >= 0.6 is 0 Å². The van der Waals surface area contributed by atoms with Crippen LogP contribution in [0.4, 0.5) is 0 Å². The van der Waals surface area contributed by atoms with Crippen LogP contribution in [0.15, 0.2) is 12.4 Å². The Balaban J connectivity index is 2.87. The van der Waals surface area contributed by atoms with Crippen molar-refractivity contribution in [2.24, 2.45) is 7.05 Å². The normalized spacial score (nSPS) is 10.0. The molecule has 1 rings (SSSR count). The van der Waals surface area contributed by atoms with Gasteiger partial charge in [-0.25, -0.2) is 13.9 Å². The fraction of sp³-hybridized carbons (Fsp3) is 0.429. The summed E-state index contributed by atoms with van der Waals surface area (Å²) in [5.41, 5.74) is 0. The number of nitrogens with zero attached hydrogens (tertiary/aromatic N) is 2.